The highest BCUT2D eigenvalue weighted by molar-refractivity contribution is 7.92. The van der Waals surface area contributed by atoms with Gasteiger partial charge in [0.05, 0.1) is 28.4 Å². The molecule has 24 heavy (non-hydrogen) atoms. The molecule has 0 bridgehead atoms. The van der Waals surface area contributed by atoms with Crippen LogP contribution in [0.2, 0.25) is 0 Å². The highest BCUT2D eigenvalue weighted by Crippen LogP contribution is 2.31. The monoisotopic (exact) mass is 362 g/mol. The highest BCUT2D eigenvalue weighted by atomic mass is 32.2. The molecule has 0 saturated heterocycles. The van der Waals surface area contributed by atoms with Crippen LogP contribution in [0.1, 0.15) is 6.92 Å². The van der Waals surface area contributed by atoms with Gasteiger partial charge in [-0.3, -0.25) is 9.29 Å². The maximum absolute atomic E-state index is 11.7. The molecule has 2 aromatic heterocycles. The Bertz CT molecular complexity index is 983. The zero-order valence-electron chi connectivity index (χ0n) is 13.6. The Hall–Kier alpha value is -2.19. The summed E-state index contributed by atoms with van der Waals surface area (Å²) >= 11 is 1.60. The maximum atomic E-state index is 11.7. The number of nitrogens with one attached hydrogen (secondary N) is 1. The topological polar surface area (TPSA) is 75.2 Å². The molecule has 2 heterocycles. The van der Waals surface area contributed by atoms with E-state index >= 15 is 0 Å². The molecular formula is C16H18N4O2S2. The van der Waals surface area contributed by atoms with Gasteiger partial charge in [0.25, 0.3) is 0 Å². The molecular weight excluding hydrogens is 344 g/mol. The fourth-order valence-corrected chi connectivity index (χ4v) is 3.74. The van der Waals surface area contributed by atoms with E-state index in [1.54, 1.807) is 23.7 Å². The molecule has 3 aromatic rings. The first kappa shape index (κ1) is 16.7. The Morgan fingerprint density at radius 1 is 1.21 bits per heavy atom. The van der Waals surface area contributed by atoms with Crippen LogP contribution in [-0.4, -0.2) is 38.2 Å². The van der Waals surface area contributed by atoms with Gasteiger partial charge in [-0.1, -0.05) is 17.4 Å². The number of aromatic nitrogens is 2. The lowest BCUT2D eigenvalue weighted by Gasteiger charge is -2.16. The molecule has 0 atom stereocenters. The van der Waals surface area contributed by atoms with Crippen molar-refractivity contribution in [3.05, 3.63) is 36.7 Å². The molecule has 0 radical (unpaired) electrons. The summed E-state index contributed by atoms with van der Waals surface area (Å²) < 4.78 is 25.7. The molecule has 8 heteroatoms. The molecule has 0 aliphatic carbocycles. The number of rotatable bonds is 5. The van der Waals surface area contributed by atoms with Gasteiger partial charge in [0.2, 0.25) is 10.0 Å². The van der Waals surface area contributed by atoms with Gasteiger partial charge >= 0.3 is 0 Å². The molecule has 0 spiro atoms. The predicted molar refractivity (Wildman–Crippen MR) is 100 cm³/mol. The number of hydrogen-bond acceptors (Lipinski definition) is 6. The van der Waals surface area contributed by atoms with Crippen LogP contribution >= 0.6 is 11.3 Å². The van der Waals surface area contributed by atoms with E-state index in [4.69, 9.17) is 0 Å². The minimum absolute atomic E-state index is 0.535. The summed E-state index contributed by atoms with van der Waals surface area (Å²) in [6, 6.07) is 7.81. The van der Waals surface area contributed by atoms with E-state index in [-0.39, 0.29) is 0 Å². The molecule has 0 saturated carbocycles. The highest BCUT2D eigenvalue weighted by Gasteiger charge is 2.13. The molecule has 0 aliphatic heterocycles. The van der Waals surface area contributed by atoms with E-state index in [1.165, 1.54) is 17.6 Å². The Kier molecular flexibility index (Phi) is 4.42. The van der Waals surface area contributed by atoms with Crippen LogP contribution < -0.4 is 9.62 Å². The summed E-state index contributed by atoms with van der Waals surface area (Å²) in [5.74, 6) is 0. The molecule has 0 unspecified atom stereocenters. The summed E-state index contributed by atoms with van der Waals surface area (Å²) in [6.45, 7) is 2.86. The summed E-state index contributed by atoms with van der Waals surface area (Å²) in [6.07, 6.45) is 4.44. The van der Waals surface area contributed by atoms with Gasteiger partial charge in [0, 0.05) is 25.4 Å². The third-order valence-corrected chi connectivity index (χ3v) is 5.82. The Morgan fingerprint density at radius 2 is 2.00 bits per heavy atom. The third-order valence-electron chi connectivity index (χ3n) is 3.63. The van der Waals surface area contributed by atoms with Gasteiger partial charge in [-0.15, -0.1) is 0 Å². The largest absolute Gasteiger partial charge is 0.362 e. The summed E-state index contributed by atoms with van der Waals surface area (Å²) in [7, 11) is -1.80. The van der Waals surface area contributed by atoms with E-state index in [0.29, 0.717) is 5.69 Å². The molecule has 6 nitrogen and oxygen atoms in total. The van der Waals surface area contributed by atoms with Crippen molar-refractivity contribution >= 4 is 42.4 Å². The molecule has 1 aromatic carbocycles. The smallest absolute Gasteiger partial charge is 0.232 e. The first-order valence-electron chi connectivity index (χ1n) is 7.42. The quantitative estimate of drug-likeness (QED) is 0.754. The lowest BCUT2D eigenvalue weighted by molar-refractivity contribution is 0.600. The van der Waals surface area contributed by atoms with Crippen molar-refractivity contribution in [3.63, 3.8) is 0 Å². The minimum Gasteiger partial charge on any atom is -0.362 e. The number of pyridine rings is 1. The van der Waals surface area contributed by atoms with E-state index in [9.17, 15) is 8.42 Å². The number of anilines is 2. The Morgan fingerprint density at radius 3 is 2.71 bits per heavy atom. The molecule has 3 rings (SSSR count). The van der Waals surface area contributed by atoms with Crippen molar-refractivity contribution in [2.45, 2.75) is 6.92 Å². The third kappa shape index (κ3) is 3.34. The fraction of sp³-hybridized carbons (Fsp3) is 0.250. The van der Waals surface area contributed by atoms with Crippen LogP contribution in [0.15, 0.2) is 36.7 Å². The van der Waals surface area contributed by atoms with Crippen LogP contribution in [0, 0.1) is 0 Å². The maximum Gasteiger partial charge on any atom is 0.232 e. The molecule has 0 fully saturated rings. The second-order valence-corrected chi connectivity index (χ2v) is 8.44. The van der Waals surface area contributed by atoms with Crippen molar-refractivity contribution in [1.29, 1.82) is 0 Å². The van der Waals surface area contributed by atoms with Gasteiger partial charge < -0.3 is 5.32 Å². The average Bonchev–Trinajstić information content (AvgIpc) is 2.95. The number of nitrogens with zero attached hydrogens (tertiary/aromatic N) is 3. The number of hydrogen-bond donors (Lipinski definition) is 1. The average molecular weight is 362 g/mol. The zero-order valence-corrected chi connectivity index (χ0v) is 15.3. The van der Waals surface area contributed by atoms with Crippen LogP contribution in [0.25, 0.3) is 21.3 Å². The second-order valence-electron chi connectivity index (χ2n) is 5.39. The first-order valence-corrected chi connectivity index (χ1v) is 10.1. The van der Waals surface area contributed by atoms with Gasteiger partial charge in [0.15, 0.2) is 5.13 Å². The number of benzene rings is 1. The molecule has 0 aliphatic rings. The Labute approximate surface area is 145 Å². The SMILES string of the molecule is CCNc1nc2ccc(-c3cncc(N(C)S(C)(=O)=O)c3)cc2s1. The van der Waals surface area contributed by atoms with Crippen LogP contribution in [0.3, 0.4) is 0 Å². The number of sulfonamides is 1. The van der Waals surface area contributed by atoms with Crippen molar-refractivity contribution in [2.24, 2.45) is 0 Å². The normalized spacial score (nSPS) is 11.6. The summed E-state index contributed by atoms with van der Waals surface area (Å²) in [4.78, 5) is 8.70. The van der Waals surface area contributed by atoms with Gasteiger partial charge in [0.1, 0.15) is 0 Å². The molecule has 0 amide bonds. The summed E-state index contributed by atoms with van der Waals surface area (Å²) in [5.41, 5.74) is 3.32. The number of fused-ring (bicyclic) bond motifs is 1. The molecule has 126 valence electrons. The predicted octanol–water partition coefficient (Wildman–Crippen LogP) is 3.19. The fourth-order valence-electron chi connectivity index (χ4n) is 2.28. The minimum atomic E-state index is -3.32. The number of thiazole rings is 1. The standard InChI is InChI=1S/C16H18N4O2S2/c1-4-18-16-19-14-6-5-11(8-15(14)23-16)12-7-13(10-17-9-12)20(2)24(3,21)22/h5-10H,4H2,1-3H3,(H,18,19). The van der Waals surface area contributed by atoms with Crippen LogP contribution in [-0.2, 0) is 10.0 Å². The van der Waals surface area contributed by atoms with Crippen LogP contribution in [0.5, 0.6) is 0 Å². The van der Waals surface area contributed by atoms with Crippen LogP contribution in [0.4, 0.5) is 10.8 Å². The van der Waals surface area contributed by atoms with Gasteiger partial charge in [-0.05, 0) is 30.7 Å². The lowest BCUT2D eigenvalue weighted by atomic mass is 10.1. The molecule has 1 N–H and O–H groups in total. The zero-order chi connectivity index (χ0) is 17.3. The Balaban J connectivity index is 2.01. The van der Waals surface area contributed by atoms with Crippen molar-refractivity contribution in [2.75, 3.05) is 29.5 Å². The van der Waals surface area contributed by atoms with Crippen molar-refractivity contribution < 1.29 is 8.42 Å². The van der Waals surface area contributed by atoms with E-state index in [2.05, 4.69) is 21.4 Å². The van der Waals surface area contributed by atoms with Gasteiger partial charge in [-0.25, -0.2) is 13.4 Å². The van der Waals surface area contributed by atoms with Crippen molar-refractivity contribution in [1.82, 2.24) is 9.97 Å². The van der Waals surface area contributed by atoms with Crippen molar-refractivity contribution in [3.8, 4) is 11.1 Å². The first-order chi connectivity index (χ1) is 11.4. The second kappa shape index (κ2) is 6.37. The van der Waals surface area contributed by atoms with E-state index in [1.807, 2.05) is 25.1 Å². The lowest BCUT2D eigenvalue weighted by Crippen LogP contribution is -2.24. The van der Waals surface area contributed by atoms with Gasteiger partial charge in [-0.2, -0.15) is 0 Å². The van der Waals surface area contributed by atoms with E-state index in [0.717, 1.165) is 33.0 Å². The van der Waals surface area contributed by atoms with E-state index < -0.39 is 10.0 Å². The summed E-state index contributed by atoms with van der Waals surface area (Å²) in [5, 5.41) is 4.12.